The Kier molecular flexibility index (Phi) is 9.88. The summed E-state index contributed by atoms with van der Waals surface area (Å²) in [5, 5.41) is 2.89. The molecule has 2 aromatic carbocycles. The number of halogens is 3. The molecule has 0 unspecified atom stereocenters. The first-order valence-corrected chi connectivity index (χ1v) is 15.9. The zero-order valence-corrected chi connectivity index (χ0v) is 25.1. The molecule has 1 saturated carbocycles. The van der Waals surface area contributed by atoms with Gasteiger partial charge in [0, 0.05) is 54.9 Å². The van der Waals surface area contributed by atoms with Crippen molar-refractivity contribution in [1.29, 1.82) is 0 Å². The third kappa shape index (κ3) is 7.66. The van der Waals surface area contributed by atoms with Crippen LogP contribution in [0.5, 0.6) is 0 Å². The standard InChI is InChI=1S/C32H38F3N3O4S/c1-2-42-31(41)21-12-17-37(18-13-21)26-7-3-4-8-28(26)43-27-11-10-22(19-25(27)32(33,34)35)23-20-24(23)30(40)36-14-6-16-38-15-5-9-29(38)39/h3-4,7-8,10-11,19,21,23-24H,2,5-6,9,12-18,20H2,1H3,(H,36,40)/t23-,24+/m0/s1. The molecule has 2 heterocycles. The van der Waals surface area contributed by atoms with Crippen LogP contribution in [0.15, 0.2) is 52.3 Å². The lowest BCUT2D eigenvalue weighted by molar-refractivity contribution is -0.148. The fraction of sp³-hybridized carbons (Fsp3) is 0.531. The number of amides is 2. The van der Waals surface area contributed by atoms with Crippen LogP contribution in [0.4, 0.5) is 18.9 Å². The van der Waals surface area contributed by atoms with Crippen LogP contribution in [0.25, 0.3) is 0 Å². The summed E-state index contributed by atoms with van der Waals surface area (Å²) in [5.74, 6) is -0.931. The molecule has 5 rings (SSSR count). The van der Waals surface area contributed by atoms with E-state index in [4.69, 9.17) is 4.74 Å². The monoisotopic (exact) mass is 617 g/mol. The maximum atomic E-state index is 14.3. The van der Waals surface area contributed by atoms with Crippen molar-refractivity contribution in [2.45, 2.75) is 67.3 Å². The van der Waals surface area contributed by atoms with Gasteiger partial charge in [-0.3, -0.25) is 14.4 Å². The topological polar surface area (TPSA) is 79.0 Å². The number of piperidine rings is 1. The molecule has 232 valence electrons. The summed E-state index contributed by atoms with van der Waals surface area (Å²) in [6.07, 6.45) is -0.657. The molecule has 2 atom stereocenters. The minimum atomic E-state index is -4.55. The number of esters is 1. The molecule has 2 aromatic rings. The van der Waals surface area contributed by atoms with Crippen molar-refractivity contribution < 1.29 is 32.3 Å². The minimum absolute atomic E-state index is 0.114. The molecule has 7 nitrogen and oxygen atoms in total. The molecule has 1 aliphatic carbocycles. The van der Waals surface area contributed by atoms with E-state index in [0.29, 0.717) is 70.5 Å². The lowest BCUT2D eigenvalue weighted by Crippen LogP contribution is -2.37. The summed E-state index contributed by atoms with van der Waals surface area (Å²) in [7, 11) is 0. The predicted octanol–water partition coefficient (Wildman–Crippen LogP) is 5.87. The molecule has 0 spiro atoms. The van der Waals surface area contributed by atoms with E-state index < -0.39 is 11.7 Å². The molecular weight excluding hydrogens is 579 g/mol. The van der Waals surface area contributed by atoms with E-state index in [2.05, 4.69) is 10.2 Å². The van der Waals surface area contributed by atoms with E-state index in [-0.39, 0.29) is 40.4 Å². The van der Waals surface area contributed by atoms with Crippen molar-refractivity contribution in [3.8, 4) is 0 Å². The number of ether oxygens (including phenoxy) is 1. The Labute approximate surface area is 254 Å². The first kappa shape index (κ1) is 31.2. The summed E-state index contributed by atoms with van der Waals surface area (Å²) in [6.45, 7) is 5.17. The highest BCUT2D eigenvalue weighted by atomic mass is 32.2. The molecule has 2 aliphatic heterocycles. The zero-order valence-electron chi connectivity index (χ0n) is 24.3. The fourth-order valence-electron chi connectivity index (χ4n) is 6.03. The van der Waals surface area contributed by atoms with Crippen molar-refractivity contribution in [3.05, 3.63) is 53.6 Å². The lowest BCUT2D eigenvalue weighted by Gasteiger charge is -2.33. The van der Waals surface area contributed by atoms with Gasteiger partial charge in [-0.05, 0) is 74.8 Å². The van der Waals surface area contributed by atoms with Gasteiger partial charge in [0.15, 0.2) is 0 Å². The molecule has 0 radical (unpaired) electrons. The van der Waals surface area contributed by atoms with E-state index in [1.165, 1.54) is 12.1 Å². The van der Waals surface area contributed by atoms with E-state index in [0.717, 1.165) is 35.3 Å². The predicted molar refractivity (Wildman–Crippen MR) is 158 cm³/mol. The summed E-state index contributed by atoms with van der Waals surface area (Å²) < 4.78 is 48.0. The SMILES string of the molecule is CCOC(=O)C1CCN(c2ccccc2Sc2ccc([C@@H]3C[C@H]3C(=O)NCCCN3CCCC3=O)cc2C(F)(F)F)CC1. The highest BCUT2D eigenvalue weighted by Crippen LogP contribution is 2.50. The lowest BCUT2D eigenvalue weighted by atomic mass is 9.96. The first-order valence-electron chi connectivity index (χ1n) is 15.1. The van der Waals surface area contributed by atoms with Gasteiger partial charge in [-0.1, -0.05) is 30.0 Å². The van der Waals surface area contributed by atoms with Crippen LogP contribution in [0.1, 0.15) is 62.5 Å². The molecule has 11 heteroatoms. The number of nitrogens with one attached hydrogen (secondary N) is 1. The number of carbonyl (C=O) groups is 3. The molecule has 1 N–H and O–H groups in total. The van der Waals surface area contributed by atoms with Crippen molar-refractivity contribution in [2.75, 3.05) is 44.2 Å². The maximum absolute atomic E-state index is 14.3. The van der Waals surface area contributed by atoms with Crippen LogP contribution < -0.4 is 10.2 Å². The average Bonchev–Trinajstić information content (AvgIpc) is 3.69. The fourth-order valence-corrected chi connectivity index (χ4v) is 7.14. The smallest absolute Gasteiger partial charge is 0.417 e. The number of nitrogens with zero attached hydrogens (tertiary/aromatic N) is 2. The van der Waals surface area contributed by atoms with Gasteiger partial charge in [0.1, 0.15) is 0 Å². The number of carbonyl (C=O) groups excluding carboxylic acids is 3. The Balaban J connectivity index is 1.22. The normalized spacial score (nSPS) is 20.8. The first-order chi connectivity index (χ1) is 20.7. The number of anilines is 1. The molecule has 0 aromatic heterocycles. The third-order valence-electron chi connectivity index (χ3n) is 8.48. The Morgan fingerprint density at radius 1 is 1.07 bits per heavy atom. The Hall–Kier alpha value is -3.21. The van der Waals surface area contributed by atoms with Gasteiger partial charge in [-0.25, -0.2) is 0 Å². The van der Waals surface area contributed by atoms with Crippen LogP contribution in [0.2, 0.25) is 0 Å². The van der Waals surface area contributed by atoms with Gasteiger partial charge in [-0.15, -0.1) is 0 Å². The van der Waals surface area contributed by atoms with Crippen LogP contribution in [0, 0.1) is 11.8 Å². The highest BCUT2D eigenvalue weighted by Gasteiger charge is 2.45. The number of rotatable bonds is 11. The third-order valence-corrected chi connectivity index (χ3v) is 9.62. The number of hydrogen-bond acceptors (Lipinski definition) is 6. The number of hydrogen-bond donors (Lipinski definition) is 1. The zero-order chi connectivity index (χ0) is 30.6. The van der Waals surface area contributed by atoms with Crippen molar-refractivity contribution in [1.82, 2.24) is 10.2 Å². The second kappa shape index (κ2) is 13.6. The number of para-hydroxylation sites is 1. The molecule has 2 saturated heterocycles. The Morgan fingerprint density at radius 2 is 1.84 bits per heavy atom. The van der Waals surface area contributed by atoms with Crippen molar-refractivity contribution in [3.63, 3.8) is 0 Å². The summed E-state index contributed by atoms with van der Waals surface area (Å²) >= 11 is 1.09. The van der Waals surface area contributed by atoms with Crippen LogP contribution in [0.3, 0.4) is 0 Å². The van der Waals surface area contributed by atoms with Gasteiger partial charge in [0.25, 0.3) is 0 Å². The minimum Gasteiger partial charge on any atom is -0.466 e. The second-order valence-electron chi connectivity index (χ2n) is 11.4. The molecule has 3 aliphatic rings. The van der Waals surface area contributed by atoms with Crippen molar-refractivity contribution >= 4 is 35.2 Å². The number of benzene rings is 2. The Morgan fingerprint density at radius 3 is 2.53 bits per heavy atom. The van der Waals surface area contributed by atoms with E-state index in [1.807, 2.05) is 24.3 Å². The number of alkyl halides is 3. The average molecular weight is 618 g/mol. The largest absolute Gasteiger partial charge is 0.466 e. The van der Waals surface area contributed by atoms with Crippen LogP contribution in [-0.2, 0) is 25.3 Å². The molecule has 2 amide bonds. The van der Waals surface area contributed by atoms with Crippen LogP contribution in [-0.4, -0.2) is 62.0 Å². The number of likely N-dealkylation sites (tertiary alicyclic amines) is 1. The quantitative estimate of drug-likeness (QED) is 0.251. The molecular formula is C32H38F3N3O4S. The van der Waals surface area contributed by atoms with Gasteiger partial charge < -0.3 is 19.9 Å². The summed E-state index contributed by atoms with van der Waals surface area (Å²) in [4.78, 5) is 41.3. The van der Waals surface area contributed by atoms with Gasteiger partial charge in [-0.2, -0.15) is 13.2 Å². The summed E-state index contributed by atoms with van der Waals surface area (Å²) in [5.41, 5.74) is 0.668. The molecule has 0 bridgehead atoms. The Bertz CT molecular complexity index is 1330. The van der Waals surface area contributed by atoms with E-state index >= 15 is 0 Å². The maximum Gasteiger partial charge on any atom is 0.417 e. The molecule has 3 fully saturated rings. The summed E-state index contributed by atoms with van der Waals surface area (Å²) in [6, 6.07) is 11.9. The second-order valence-corrected chi connectivity index (χ2v) is 12.5. The van der Waals surface area contributed by atoms with Gasteiger partial charge in [0.2, 0.25) is 11.8 Å². The molecule has 43 heavy (non-hydrogen) atoms. The highest BCUT2D eigenvalue weighted by molar-refractivity contribution is 7.99. The van der Waals surface area contributed by atoms with Gasteiger partial charge >= 0.3 is 12.1 Å². The van der Waals surface area contributed by atoms with Crippen molar-refractivity contribution in [2.24, 2.45) is 11.8 Å². The van der Waals surface area contributed by atoms with Gasteiger partial charge in [0.05, 0.1) is 23.8 Å². The van der Waals surface area contributed by atoms with E-state index in [9.17, 15) is 27.6 Å². The van der Waals surface area contributed by atoms with E-state index in [1.54, 1.807) is 17.9 Å². The van der Waals surface area contributed by atoms with Crippen LogP contribution >= 0.6 is 11.8 Å².